The Bertz CT molecular complexity index is 338. The molecule has 0 unspecified atom stereocenters. The monoisotopic (exact) mass is 407 g/mol. The quantitative estimate of drug-likeness (QED) is 0.232. The van der Waals surface area contributed by atoms with Crippen molar-refractivity contribution in [1.82, 2.24) is 5.32 Å². The molecule has 0 aliphatic heterocycles. The van der Waals surface area contributed by atoms with Gasteiger partial charge in [0, 0.05) is 18.9 Å². The predicted octanol–water partition coefficient (Wildman–Crippen LogP) is 1.55. The fourth-order valence-electron chi connectivity index (χ4n) is 3.20. The Morgan fingerprint density at radius 2 is 1.07 bits per heavy atom. The largest absolute Gasteiger partial charge is 1.00 e. The Balaban J connectivity index is 0. The minimum atomic E-state index is -1.08. The molecular weight excluding hydrogens is 365 g/mol. The van der Waals surface area contributed by atoms with Crippen molar-refractivity contribution in [2.45, 2.75) is 116 Å². The molecule has 0 bridgehead atoms. The summed E-state index contributed by atoms with van der Waals surface area (Å²) in [6, 6.07) is 0. The van der Waals surface area contributed by atoms with Gasteiger partial charge in [0.15, 0.2) is 0 Å². The van der Waals surface area contributed by atoms with Crippen LogP contribution in [0.2, 0.25) is 0 Å². The average Bonchev–Trinajstić information content (AvgIpc) is 2.62. The number of hydrogen-bond acceptors (Lipinski definition) is 4. The summed E-state index contributed by atoms with van der Waals surface area (Å²) >= 11 is 0. The first kappa shape index (κ1) is 29.9. The Morgan fingerprint density at radius 1 is 0.667 bits per heavy atom. The summed E-state index contributed by atoms with van der Waals surface area (Å²) in [4.78, 5) is 21.8. The molecule has 0 saturated carbocycles. The summed E-state index contributed by atoms with van der Waals surface area (Å²) in [6.07, 6.45) is 20.5. The van der Waals surface area contributed by atoms with Crippen LogP contribution in [0.4, 0.5) is 0 Å². The average molecular weight is 408 g/mol. The van der Waals surface area contributed by atoms with Crippen molar-refractivity contribution >= 4 is 11.8 Å². The van der Waals surface area contributed by atoms with Crippen LogP contribution in [0.1, 0.15) is 116 Å². The molecule has 0 fully saturated rings. The molecule has 0 spiro atoms. The first-order valence-corrected chi connectivity index (χ1v) is 11.1. The molecule has 0 atom stereocenters. The van der Waals surface area contributed by atoms with E-state index in [1.807, 2.05) is 0 Å². The zero-order valence-corrected chi connectivity index (χ0v) is 21.3. The number of carbonyl (C=O) groups is 2. The van der Waals surface area contributed by atoms with E-state index in [0.29, 0.717) is 13.0 Å². The van der Waals surface area contributed by atoms with Gasteiger partial charge in [-0.2, -0.15) is 0 Å². The van der Waals surface area contributed by atoms with Crippen LogP contribution in [-0.4, -0.2) is 24.8 Å². The van der Waals surface area contributed by atoms with Gasteiger partial charge in [0.1, 0.15) is 5.78 Å². The summed E-state index contributed by atoms with van der Waals surface area (Å²) in [5, 5.41) is 13.1. The van der Waals surface area contributed by atoms with Crippen molar-refractivity contribution in [1.29, 1.82) is 0 Å². The summed E-state index contributed by atoms with van der Waals surface area (Å²) in [5.41, 5.74) is 0. The Hall–Kier alpha value is 0.736. The van der Waals surface area contributed by atoms with Gasteiger partial charge in [0.2, 0.25) is 0 Å². The normalized spacial score (nSPS) is 10.6. The van der Waals surface area contributed by atoms with Gasteiger partial charge < -0.3 is 15.2 Å². The van der Waals surface area contributed by atoms with E-state index in [1.165, 1.54) is 83.5 Å². The molecule has 27 heavy (non-hydrogen) atoms. The molecule has 0 aromatic carbocycles. The van der Waals surface area contributed by atoms with Gasteiger partial charge in [-0.15, -0.1) is 0 Å². The van der Waals surface area contributed by atoms with Crippen LogP contribution in [0, 0.1) is 0 Å². The zero-order valence-electron chi connectivity index (χ0n) is 18.2. The molecule has 0 heterocycles. The van der Waals surface area contributed by atoms with Gasteiger partial charge in [-0.05, 0) is 12.8 Å². The number of ketones is 1. The Morgan fingerprint density at radius 3 is 1.48 bits per heavy atom. The Kier molecular flexibility index (Phi) is 27.5. The molecule has 0 aliphatic carbocycles. The summed E-state index contributed by atoms with van der Waals surface area (Å²) in [7, 11) is 0. The van der Waals surface area contributed by atoms with E-state index in [2.05, 4.69) is 12.2 Å². The van der Waals surface area contributed by atoms with Gasteiger partial charge in [-0.3, -0.25) is 4.79 Å². The van der Waals surface area contributed by atoms with Crippen LogP contribution in [0.5, 0.6) is 0 Å². The number of rotatable bonds is 21. The third-order valence-electron chi connectivity index (χ3n) is 4.89. The molecule has 5 heteroatoms. The number of carbonyl (C=O) groups excluding carboxylic acids is 2. The topological polar surface area (TPSA) is 69.2 Å². The zero-order chi connectivity index (χ0) is 19.3. The smallest absolute Gasteiger partial charge is 0.550 e. The summed E-state index contributed by atoms with van der Waals surface area (Å²) in [6.45, 7) is 2.86. The molecule has 154 valence electrons. The molecule has 0 radical (unpaired) electrons. The van der Waals surface area contributed by atoms with Crippen molar-refractivity contribution in [3.8, 4) is 0 Å². The second-order valence-electron chi connectivity index (χ2n) is 7.54. The van der Waals surface area contributed by atoms with Crippen LogP contribution >= 0.6 is 0 Å². The summed E-state index contributed by atoms with van der Waals surface area (Å²) in [5.74, 6) is -0.898. The van der Waals surface area contributed by atoms with Gasteiger partial charge >= 0.3 is 51.4 Å². The van der Waals surface area contributed by atoms with Crippen molar-refractivity contribution in [2.24, 2.45) is 0 Å². The third-order valence-corrected chi connectivity index (χ3v) is 4.89. The number of carboxylic acids is 1. The van der Waals surface area contributed by atoms with E-state index < -0.39 is 5.97 Å². The van der Waals surface area contributed by atoms with Gasteiger partial charge in [0.25, 0.3) is 0 Å². The molecular formula is C22H42KNO3. The van der Waals surface area contributed by atoms with Gasteiger partial charge in [-0.25, -0.2) is 0 Å². The van der Waals surface area contributed by atoms with E-state index in [1.54, 1.807) is 0 Å². The summed E-state index contributed by atoms with van der Waals surface area (Å²) < 4.78 is 0. The number of hydrogen-bond donors (Lipinski definition) is 1. The number of aliphatic carboxylic acids is 1. The van der Waals surface area contributed by atoms with E-state index in [0.717, 1.165) is 12.8 Å². The molecule has 0 amide bonds. The molecule has 0 rings (SSSR count). The molecule has 0 aromatic rings. The third kappa shape index (κ3) is 26.7. The number of nitrogens with one attached hydrogen (secondary N) is 1. The standard InChI is InChI=1S/C22H43NO3.K/c1-2-3-4-5-6-7-8-9-10-11-12-13-14-15-16-17-21(24)20-23-19-18-22(25)26;/h23H,2-20H2,1H3,(H,25,26);/q;+1/p-1. The number of Topliss-reactive ketones (excluding diaryl/α,β-unsaturated/α-hetero) is 1. The number of unbranched alkanes of at least 4 members (excludes halogenated alkanes) is 14. The maximum Gasteiger partial charge on any atom is 1.00 e. The molecule has 0 aromatic heterocycles. The molecule has 0 aliphatic rings. The van der Waals surface area contributed by atoms with Crippen LogP contribution in [0.15, 0.2) is 0 Å². The van der Waals surface area contributed by atoms with Crippen molar-refractivity contribution in [2.75, 3.05) is 13.1 Å². The van der Waals surface area contributed by atoms with Gasteiger partial charge in [0.05, 0.1) is 6.54 Å². The van der Waals surface area contributed by atoms with Crippen molar-refractivity contribution in [3.05, 3.63) is 0 Å². The van der Waals surface area contributed by atoms with E-state index in [-0.39, 0.29) is 70.1 Å². The van der Waals surface area contributed by atoms with Crippen molar-refractivity contribution in [3.63, 3.8) is 0 Å². The predicted molar refractivity (Wildman–Crippen MR) is 107 cm³/mol. The van der Waals surface area contributed by atoms with Crippen LogP contribution in [0.3, 0.4) is 0 Å². The maximum atomic E-state index is 11.6. The van der Waals surface area contributed by atoms with Crippen LogP contribution < -0.4 is 61.8 Å². The first-order chi connectivity index (χ1) is 12.7. The first-order valence-electron chi connectivity index (χ1n) is 11.1. The van der Waals surface area contributed by atoms with Crippen LogP contribution in [0.25, 0.3) is 0 Å². The number of carboxylic acid groups (broad SMARTS) is 1. The van der Waals surface area contributed by atoms with E-state index >= 15 is 0 Å². The second-order valence-corrected chi connectivity index (χ2v) is 7.54. The SMILES string of the molecule is CCCCCCCCCCCCCCCCCC(=O)CNCCC(=O)[O-].[K+]. The second kappa shape index (κ2) is 24.8. The fraction of sp³-hybridized carbons (Fsp3) is 0.909. The van der Waals surface area contributed by atoms with Gasteiger partial charge in [-0.1, -0.05) is 96.8 Å². The molecule has 0 saturated heterocycles. The van der Waals surface area contributed by atoms with Crippen molar-refractivity contribution < 1.29 is 66.1 Å². The minimum absolute atomic E-state index is 0. The fourth-order valence-corrected chi connectivity index (χ4v) is 3.20. The van der Waals surface area contributed by atoms with E-state index in [4.69, 9.17) is 0 Å². The maximum absolute atomic E-state index is 11.6. The minimum Gasteiger partial charge on any atom is -0.550 e. The van der Waals surface area contributed by atoms with E-state index in [9.17, 15) is 14.7 Å². The van der Waals surface area contributed by atoms with Crippen LogP contribution in [-0.2, 0) is 9.59 Å². The Labute approximate surface area is 210 Å². The molecule has 1 N–H and O–H groups in total. The molecule has 4 nitrogen and oxygen atoms in total.